The molecule has 0 aromatic heterocycles. The number of rotatable bonds is 1. The lowest BCUT2D eigenvalue weighted by Gasteiger charge is -2.57. The van der Waals surface area contributed by atoms with Gasteiger partial charge in [-0.05, 0) is 50.4 Å². The predicted molar refractivity (Wildman–Crippen MR) is 81.6 cm³/mol. The normalized spacial score (nSPS) is 49.0. The van der Waals surface area contributed by atoms with Gasteiger partial charge in [0.05, 0.1) is 11.2 Å². The van der Waals surface area contributed by atoms with Crippen molar-refractivity contribution in [2.24, 2.45) is 5.89 Å². The van der Waals surface area contributed by atoms with Crippen LogP contribution in [0.1, 0.15) is 37.2 Å². The molecule has 1 saturated carbocycles. The van der Waals surface area contributed by atoms with Crippen LogP contribution in [-0.4, -0.2) is 43.4 Å². The molecule has 116 valence electrons. The lowest BCUT2D eigenvalue weighted by molar-refractivity contribution is -0.138. The molecule has 1 saturated heterocycles. The fourth-order valence-corrected chi connectivity index (χ4v) is 4.98. The van der Waals surface area contributed by atoms with Crippen LogP contribution in [0.15, 0.2) is 12.1 Å². The zero-order valence-electron chi connectivity index (χ0n) is 17.4. The fourth-order valence-electron chi connectivity index (χ4n) is 4.98. The van der Waals surface area contributed by atoms with Crippen molar-refractivity contribution in [2.75, 3.05) is 20.6 Å². The largest absolute Gasteiger partial charge is 0.493 e. The summed E-state index contributed by atoms with van der Waals surface area (Å²) in [4.78, 5) is 14.7. The van der Waals surface area contributed by atoms with Crippen LogP contribution in [0.3, 0.4) is 0 Å². The number of piperidine rings is 1. The number of methoxy groups -OCH3 is 1. The number of hydrogen-bond donors (Lipinski definition) is 0. The molecule has 1 aromatic rings. The van der Waals surface area contributed by atoms with Crippen LogP contribution in [-0.2, 0) is 16.6 Å². The molecule has 1 spiro atoms. The first kappa shape index (κ1) is 8.92. The monoisotopic (exact) mass is 304 g/mol. The average Bonchev–Trinajstić information content (AvgIpc) is 2.93. The molecule has 4 heteroatoms. The molecule has 4 nitrogen and oxygen atoms in total. The van der Waals surface area contributed by atoms with Crippen LogP contribution >= 0.6 is 0 Å². The summed E-state index contributed by atoms with van der Waals surface area (Å²) in [6.45, 7) is 0.584. The van der Waals surface area contributed by atoms with Gasteiger partial charge in [0.2, 0.25) is 0 Å². The Morgan fingerprint density at radius 3 is 3.32 bits per heavy atom. The number of carbonyl (C=O) groups excluding carboxylic acids is 1. The molecule has 1 aromatic carbocycles. The predicted octanol–water partition coefficient (Wildman–Crippen LogP) is 1.93. The number of ether oxygens (including phenoxy) is 2. The van der Waals surface area contributed by atoms with Gasteiger partial charge in [0.25, 0.3) is 0 Å². The molecule has 2 heterocycles. The van der Waals surface area contributed by atoms with Gasteiger partial charge in [-0.25, -0.2) is 0 Å². The van der Waals surface area contributed by atoms with E-state index in [2.05, 4.69) is 0 Å². The molecule has 2 aliphatic heterocycles. The molecule has 0 N–H and O–H groups in total. The lowest BCUT2D eigenvalue weighted by atomic mass is 9.52. The lowest BCUT2D eigenvalue weighted by Crippen LogP contribution is -2.65. The zero-order chi connectivity index (χ0) is 19.4. The molecule has 0 amide bonds. The van der Waals surface area contributed by atoms with E-state index in [9.17, 15) is 7.54 Å². The van der Waals surface area contributed by atoms with Crippen LogP contribution in [0.25, 0.3) is 0 Å². The van der Waals surface area contributed by atoms with E-state index in [0.717, 1.165) is 11.1 Å². The quantitative estimate of drug-likeness (QED) is 0.795. The minimum Gasteiger partial charge on any atom is -0.493 e. The SMILES string of the molecule is [2H]C([2H])([2H])Oc1ccc2c3c1OC1C(=O)CC[C@]4([2H])[C@@]31CCN(C)[C@]4([2H])C2. The van der Waals surface area contributed by atoms with E-state index >= 15 is 0 Å². The molecule has 22 heavy (non-hydrogen) atoms. The molecular weight excluding hydrogens is 278 g/mol. The van der Waals surface area contributed by atoms with Crippen LogP contribution in [0.5, 0.6) is 11.5 Å². The van der Waals surface area contributed by atoms with E-state index < -0.39 is 30.5 Å². The molecular formula is C18H21NO3. The van der Waals surface area contributed by atoms with Crippen LogP contribution in [0.4, 0.5) is 0 Å². The molecule has 5 rings (SSSR count). The number of likely N-dealkylation sites (N-methyl/N-ethyl adjacent to an activating group) is 1. The Labute approximate surface area is 137 Å². The van der Waals surface area contributed by atoms with E-state index in [-0.39, 0.29) is 23.7 Å². The Balaban J connectivity index is 1.81. The summed E-state index contributed by atoms with van der Waals surface area (Å²) in [5, 5.41) is 0. The molecule has 0 radical (unpaired) electrons. The van der Waals surface area contributed by atoms with E-state index in [4.69, 9.17) is 13.6 Å². The summed E-state index contributed by atoms with van der Waals surface area (Å²) in [5.41, 5.74) is 0.658. The standard InChI is InChI=1S/C18H21NO3/c1-19-8-7-18-11-4-5-13(20)17(18)22-16-14(21-2)6-3-10(15(16)18)9-12(11)19/h3,6,11-12,17H,4-5,7-9H2,1-2H3/t11-,12+,17?,18-/m0/s1/i2D3,11D,12D. The first-order chi connectivity index (χ1) is 12.5. The summed E-state index contributed by atoms with van der Waals surface area (Å²) in [6, 6.07) is 2.16. The third kappa shape index (κ3) is 1.27. The molecule has 1 unspecified atom stereocenters. The van der Waals surface area contributed by atoms with Crippen LogP contribution in [0.2, 0.25) is 0 Å². The van der Waals surface area contributed by atoms with Gasteiger partial charge in [0.1, 0.15) is 0 Å². The minimum absolute atomic E-state index is 0.0753. The van der Waals surface area contributed by atoms with E-state index in [1.165, 1.54) is 0 Å². The summed E-state index contributed by atoms with van der Waals surface area (Å²) in [7, 11) is -0.766. The Kier molecular flexibility index (Phi) is 1.64. The van der Waals surface area contributed by atoms with E-state index in [0.29, 0.717) is 25.8 Å². The van der Waals surface area contributed by atoms with Gasteiger partial charge < -0.3 is 14.4 Å². The topological polar surface area (TPSA) is 38.8 Å². The zero-order valence-corrected chi connectivity index (χ0v) is 12.4. The Hall–Kier alpha value is -1.55. The molecule has 2 fully saturated rings. The summed E-state index contributed by atoms with van der Waals surface area (Å²) >= 11 is 0. The van der Waals surface area contributed by atoms with Gasteiger partial charge in [-0.2, -0.15) is 0 Å². The van der Waals surface area contributed by atoms with Gasteiger partial charge in [-0.1, -0.05) is 6.07 Å². The highest BCUT2D eigenvalue weighted by Crippen LogP contribution is 2.62. The van der Waals surface area contributed by atoms with Crippen molar-refractivity contribution in [1.29, 1.82) is 0 Å². The van der Waals surface area contributed by atoms with Crippen molar-refractivity contribution in [2.45, 2.75) is 43.2 Å². The van der Waals surface area contributed by atoms with Gasteiger partial charge in [-0.3, -0.25) is 4.79 Å². The summed E-state index contributed by atoms with van der Waals surface area (Å²) < 4.78 is 52.2. The number of likely N-dealkylation sites (tertiary alicyclic amines) is 1. The summed E-state index contributed by atoms with van der Waals surface area (Å²) in [6.07, 6.45) is 0.528. The van der Waals surface area contributed by atoms with Crippen molar-refractivity contribution in [1.82, 2.24) is 4.90 Å². The third-order valence-electron chi connectivity index (χ3n) is 5.91. The van der Waals surface area contributed by atoms with Gasteiger partial charge >= 0.3 is 0 Å². The smallest absolute Gasteiger partial charge is 0.174 e. The highest BCUT2D eigenvalue weighted by atomic mass is 16.5. The van der Waals surface area contributed by atoms with Crippen molar-refractivity contribution in [3.8, 4) is 11.5 Å². The third-order valence-corrected chi connectivity index (χ3v) is 5.91. The van der Waals surface area contributed by atoms with E-state index in [1.54, 1.807) is 12.1 Å². The Morgan fingerprint density at radius 2 is 2.45 bits per heavy atom. The minimum atomic E-state index is -2.64. The second-order valence-electron chi connectivity index (χ2n) is 6.74. The van der Waals surface area contributed by atoms with Crippen molar-refractivity contribution < 1.29 is 21.1 Å². The second kappa shape index (κ2) is 4.05. The number of Topliss-reactive ketones (excluding diaryl/α,β-unsaturated/α-hetero) is 1. The Morgan fingerprint density at radius 1 is 1.55 bits per heavy atom. The van der Waals surface area contributed by atoms with Gasteiger partial charge in [0.15, 0.2) is 23.4 Å². The maximum atomic E-state index is 12.8. The summed E-state index contributed by atoms with van der Waals surface area (Å²) in [5.74, 6) is -0.910. The maximum Gasteiger partial charge on any atom is 0.174 e. The highest BCUT2D eigenvalue weighted by Gasteiger charge is 2.65. The fraction of sp³-hybridized carbons (Fsp3) is 0.611. The molecule has 2 bridgehead atoms. The first-order valence-corrected chi connectivity index (χ1v) is 7.80. The van der Waals surface area contributed by atoms with Crippen molar-refractivity contribution in [3.63, 3.8) is 0 Å². The number of benzene rings is 1. The number of nitrogens with zero attached hydrogens (tertiary/aromatic N) is 1. The first-order valence-electron chi connectivity index (χ1n) is 10.3. The van der Waals surface area contributed by atoms with Crippen LogP contribution in [0, 0.1) is 5.89 Å². The van der Waals surface area contributed by atoms with Gasteiger partial charge in [0, 0.05) is 26.2 Å². The Bertz CT molecular complexity index is 873. The van der Waals surface area contributed by atoms with E-state index in [1.807, 2.05) is 11.9 Å². The van der Waals surface area contributed by atoms with Crippen LogP contribution < -0.4 is 9.47 Å². The number of ketones is 1. The van der Waals surface area contributed by atoms with Gasteiger partial charge in [-0.15, -0.1) is 0 Å². The van der Waals surface area contributed by atoms with Crippen molar-refractivity contribution >= 4 is 5.78 Å². The second-order valence-corrected chi connectivity index (χ2v) is 6.74. The molecule has 4 aliphatic rings. The number of carbonyl (C=O) groups is 1. The maximum absolute atomic E-state index is 12.8. The number of hydrogen-bond acceptors (Lipinski definition) is 4. The average molecular weight is 304 g/mol. The van der Waals surface area contributed by atoms with Crippen molar-refractivity contribution in [3.05, 3.63) is 23.3 Å². The molecule has 2 aliphatic carbocycles. The molecule has 4 atom stereocenters. The highest BCUT2D eigenvalue weighted by molar-refractivity contribution is 5.89.